The number of hydrogen-bond acceptors (Lipinski definition) is 2. The molecule has 0 saturated heterocycles. The van der Waals surface area contributed by atoms with Gasteiger partial charge < -0.3 is 10.5 Å². The Morgan fingerprint density at radius 2 is 1.93 bits per heavy atom. The highest BCUT2D eigenvalue weighted by molar-refractivity contribution is 9.10. The lowest BCUT2D eigenvalue weighted by molar-refractivity contribution is 0.147. The molecule has 1 aromatic rings. The van der Waals surface area contributed by atoms with Crippen LogP contribution in [0.25, 0.3) is 0 Å². The quantitative estimate of drug-likeness (QED) is 0.894. The Labute approximate surface area is 99.9 Å². The fraction of sp³-hybridized carbons (Fsp3) is 0.500. The van der Waals surface area contributed by atoms with Gasteiger partial charge in [-0.05, 0) is 30.2 Å². The zero-order chi connectivity index (χ0) is 11.3. The maximum atomic E-state index is 5.81. The van der Waals surface area contributed by atoms with Gasteiger partial charge in [-0.2, -0.15) is 0 Å². The average molecular weight is 272 g/mol. The minimum absolute atomic E-state index is 0.373. The van der Waals surface area contributed by atoms with Gasteiger partial charge in [0.15, 0.2) is 0 Å². The number of nitrogens with two attached hydrogens (primary N) is 1. The minimum Gasteiger partial charge on any atom is -0.384 e. The summed E-state index contributed by atoms with van der Waals surface area (Å²) in [5.74, 6) is 0.819. The maximum absolute atomic E-state index is 5.81. The molecule has 0 aromatic heterocycles. The Bertz CT molecular complexity index is 286. The van der Waals surface area contributed by atoms with E-state index in [4.69, 9.17) is 10.5 Å². The predicted octanol–water partition coefficient (Wildman–Crippen LogP) is 2.77. The van der Waals surface area contributed by atoms with E-state index in [2.05, 4.69) is 47.1 Å². The molecule has 2 atom stereocenters. The molecular formula is C12H18BrNO. The van der Waals surface area contributed by atoms with Crippen molar-refractivity contribution in [2.75, 3.05) is 20.3 Å². The molecule has 15 heavy (non-hydrogen) atoms. The zero-order valence-corrected chi connectivity index (χ0v) is 10.8. The van der Waals surface area contributed by atoms with E-state index < -0.39 is 0 Å². The SMILES string of the molecule is COCC(C)C(CN)c1ccc(Br)cc1. The van der Waals surface area contributed by atoms with Crippen molar-refractivity contribution in [2.24, 2.45) is 11.7 Å². The van der Waals surface area contributed by atoms with Crippen LogP contribution in [-0.4, -0.2) is 20.3 Å². The molecule has 0 amide bonds. The van der Waals surface area contributed by atoms with Crippen LogP contribution in [-0.2, 0) is 4.74 Å². The van der Waals surface area contributed by atoms with Gasteiger partial charge in [0.1, 0.15) is 0 Å². The molecule has 0 spiro atoms. The summed E-state index contributed by atoms with van der Waals surface area (Å²) < 4.78 is 6.27. The van der Waals surface area contributed by atoms with Crippen LogP contribution in [0.15, 0.2) is 28.7 Å². The topological polar surface area (TPSA) is 35.2 Å². The number of rotatable bonds is 5. The van der Waals surface area contributed by atoms with E-state index >= 15 is 0 Å². The first-order valence-corrected chi connectivity index (χ1v) is 5.92. The van der Waals surface area contributed by atoms with E-state index in [9.17, 15) is 0 Å². The van der Waals surface area contributed by atoms with Gasteiger partial charge in [-0.1, -0.05) is 35.0 Å². The van der Waals surface area contributed by atoms with Gasteiger partial charge >= 0.3 is 0 Å². The van der Waals surface area contributed by atoms with E-state index in [0.29, 0.717) is 18.4 Å². The molecule has 3 heteroatoms. The highest BCUT2D eigenvalue weighted by Crippen LogP contribution is 2.25. The molecular weight excluding hydrogens is 254 g/mol. The summed E-state index contributed by atoms with van der Waals surface area (Å²) in [6.45, 7) is 3.58. The summed E-state index contributed by atoms with van der Waals surface area (Å²) in [4.78, 5) is 0. The van der Waals surface area contributed by atoms with Crippen molar-refractivity contribution < 1.29 is 4.74 Å². The minimum atomic E-state index is 0.373. The molecule has 0 aliphatic heterocycles. The Balaban J connectivity index is 2.77. The normalized spacial score (nSPS) is 14.9. The molecule has 0 heterocycles. The molecule has 84 valence electrons. The summed E-state index contributed by atoms with van der Waals surface area (Å²) in [7, 11) is 1.73. The first-order valence-electron chi connectivity index (χ1n) is 5.13. The molecule has 0 fully saturated rings. The van der Waals surface area contributed by atoms with Gasteiger partial charge in [-0.25, -0.2) is 0 Å². The Morgan fingerprint density at radius 3 is 2.40 bits per heavy atom. The van der Waals surface area contributed by atoms with Crippen molar-refractivity contribution >= 4 is 15.9 Å². The molecule has 2 N–H and O–H groups in total. The number of methoxy groups -OCH3 is 1. The molecule has 1 rings (SSSR count). The molecule has 0 aliphatic carbocycles. The molecule has 0 saturated carbocycles. The molecule has 1 aromatic carbocycles. The highest BCUT2D eigenvalue weighted by atomic mass is 79.9. The number of benzene rings is 1. The van der Waals surface area contributed by atoms with Crippen LogP contribution in [0.1, 0.15) is 18.4 Å². The predicted molar refractivity (Wildman–Crippen MR) is 67.0 cm³/mol. The second kappa shape index (κ2) is 6.26. The van der Waals surface area contributed by atoms with Crippen molar-refractivity contribution in [3.05, 3.63) is 34.3 Å². The van der Waals surface area contributed by atoms with Gasteiger partial charge in [-0.3, -0.25) is 0 Å². The molecule has 0 radical (unpaired) electrons. The van der Waals surface area contributed by atoms with Crippen molar-refractivity contribution in [1.82, 2.24) is 0 Å². The molecule has 2 unspecified atom stereocenters. The molecule has 2 nitrogen and oxygen atoms in total. The third kappa shape index (κ3) is 3.59. The van der Waals surface area contributed by atoms with E-state index in [0.717, 1.165) is 11.1 Å². The summed E-state index contributed by atoms with van der Waals surface area (Å²) in [6, 6.07) is 8.34. The first-order chi connectivity index (χ1) is 7.19. The van der Waals surface area contributed by atoms with E-state index in [1.807, 2.05) is 0 Å². The lowest BCUT2D eigenvalue weighted by atomic mass is 9.88. The molecule has 0 bridgehead atoms. The van der Waals surface area contributed by atoms with E-state index in [1.165, 1.54) is 5.56 Å². The smallest absolute Gasteiger partial charge is 0.0494 e. The summed E-state index contributed by atoms with van der Waals surface area (Å²) in [5, 5.41) is 0. The molecule has 0 aliphatic rings. The second-order valence-corrected chi connectivity index (χ2v) is 4.74. The van der Waals surface area contributed by atoms with E-state index in [-0.39, 0.29) is 0 Å². The zero-order valence-electron chi connectivity index (χ0n) is 9.24. The van der Waals surface area contributed by atoms with Crippen LogP contribution in [0.2, 0.25) is 0 Å². The van der Waals surface area contributed by atoms with Crippen molar-refractivity contribution in [3.63, 3.8) is 0 Å². The van der Waals surface area contributed by atoms with Crippen molar-refractivity contribution in [2.45, 2.75) is 12.8 Å². The number of ether oxygens (including phenoxy) is 1. The fourth-order valence-corrected chi connectivity index (χ4v) is 2.05. The lowest BCUT2D eigenvalue weighted by Crippen LogP contribution is -2.22. The van der Waals surface area contributed by atoms with E-state index in [1.54, 1.807) is 7.11 Å². The number of halogens is 1. The van der Waals surface area contributed by atoms with Crippen LogP contribution in [0.5, 0.6) is 0 Å². The average Bonchev–Trinajstić information content (AvgIpc) is 2.22. The van der Waals surface area contributed by atoms with Crippen LogP contribution in [0, 0.1) is 5.92 Å². The van der Waals surface area contributed by atoms with Gasteiger partial charge in [0.05, 0.1) is 0 Å². The Hall–Kier alpha value is -0.380. The summed E-state index contributed by atoms with van der Waals surface area (Å²) in [6.07, 6.45) is 0. The fourth-order valence-electron chi connectivity index (χ4n) is 1.79. The number of hydrogen-bond donors (Lipinski definition) is 1. The Morgan fingerprint density at radius 1 is 1.33 bits per heavy atom. The summed E-state index contributed by atoms with van der Waals surface area (Å²) >= 11 is 3.43. The standard InChI is InChI=1S/C12H18BrNO/c1-9(8-15-2)12(7-14)10-3-5-11(13)6-4-10/h3-6,9,12H,7-8,14H2,1-2H3. The van der Waals surface area contributed by atoms with Gasteiger partial charge in [-0.15, -0.1) is 0 Å². The second-order valence-electron chi connectivity index (χ2n) is 3.83. The highest BCUT2D eigenvalue weighted by Gasteiger charge is 2.17. The Kier molecular flexibility index (Phi) is 5.29. The van der Waals surface area contributed by atoms with Gasteiger partial charge in [0.2, 0.25) is 0 Å². The van der Waals surface area contributed by atoms with Crippen LogP contribution >= 0.6 is 15.9 Å². The lowest BCUT2D eigenvalue weighted by Gasteiger charge is -2.22. The monoisotopic (exact) mass is 271 g/mol. The van der Waals surface area contributed by atoms with Crippen LogP contribution in [0.4, 0.5) is 0 Å². The van der Waals surface area contributed by atoms with Crippen molar-refractivity contribution in [3.8, 4) is 0 Å². The largest absolute Gasteiger partial charge is 0.384 e. The van der Waals surface area contributed by atoms with Crippen molar-refractivity contribution in [1.29, 1.82) is 0 Å². The van der Waals surface area contributed by atoms with Gasteiger partial charge in [0, 0.05) is 24.1 Å². The van der Waals surface area contributed by atoms with Crippen LogP contribution < -0.4 is 5.73 Å². The third-order valence-electron chi connectivity index (χ3n) is 2.67. The van der Waals surface area contributed by atoms with Gasteiger partial charge in [0.25, 0.3) is 0 Å². The third-order valence-corrected chi connectivity index (χ3v) is 3.20. The maximum Gasteiger partial charge on any atom is 0.0494 e. The first kappa shape index (κ1) is 12.7. The van der Waals surface area contributed by atoms with Crippen LogP contribution in [0.3, 0.4) is 0 Å². The summed E-state index contributed by atoms with van der Waals surface area (Å²) in [5.41, 5.74) is 7.09.